The van der Waals surface area contributed by atoms with Crippen LogP contribution in [0.1, 0.15) is 31.2 Å². The lowest BCUT2D eigenvalue weighted by atomic mass is 9.65. The van der Waals surface area contributed by atoms with E-state index in [4.69, 9.17) is 0 Å². The Labute approximate surface area is 90.7 Å². The van der Waals surface area contributed by atoms with Crippen LogP contribution in [0.25, 0.3) is 0 Å². The topological polar surface area (TPSA) is 12.0 Å². The summed E-state index contributed by atoms with van der Waals surface area (Å²) in [6.45, 7) is 2.21. The minimum Gasteiger partial charge on any atom is -0.317 e. The summed E-state index contributed by atoms with van der Waals surface area (Å²) in [6, 6.07) is 7.66. The summed E-state index contributed by atoms with van der Waals surface area (Å²) in [5.41, 5.74) is 1.16. The third kappa shape index (κ3) is 1.91. The maximum Gasteiger partial charge on any atom is 0.123 e. The van der Waals surface area contributed by atoms with Gasteiger partial charge in [0.05, 0.1) is 0 Å². The summed E-state index contributed by atoms with van der Waals surface area (Å²) in [4.78, 5) is 0. The van der Waals surface area contributed by atoms with Crippen molar-refractivity contribution in [1.29, 1.82) is 0 Å². The Morgan fingerprint density at radius 2 is 2.27 bits per heavy atom. The Bertz CT molecular complexity index is 337. The van der Waals surface area contributed by atoms with E-state index in [-0.39, 0.29) is 5.82 Å². The van der Waals surface area contributed by atoms with Gasteiger partial charge in [-0.1, -0.05) is 25.5 Å². The highest BCUT2D eigenvalue weighted by atomic mass is 19.1. The molecule has 0 aliphatic heterocycles. The second kappa shape index (κ2) is 4.31. The Balaban J connectivity index is 2.13. The Morgan fingerprint density at radius 3 is 2.87 bits per heavy atom. The van der Waals surface area contributed by atoms with Gasteiger partial charge in [0.2, 0.25) is 0 Å². The van der Waals surface area contributed by atoms with Crippen LogP contribution in [0.2, 0.25) is 0 Å². The summed E-state index contributed by atoms with van der Waals surface area (Å²) in [5, 5.41) is 3.32. The quantitative estimate of drug-likeness (QED) is 0.803. The average Bonchev–Trinajstić information content (AvgIpc) is 2.18. The molecule has 0 spiro atoms. The predicted octanol–water partition coefficient (Wildman–Crippen LogP) is 2.93. The van der Waals surface area contributed by atoms with Gasteiger partial charge < -0.3 is 5.32 Å². The van der Waals surface area contributed by atoms with Crippen LogP contribution in [0, 0.1) is 11.7 Å². The van der Waals surface area contributed by atoms with E-state index in [1.165, 1.54) is 6.07 Å². The molecular weight excluding hydrogens is 189 g/mol. The summed E-state index contributed by atoms with van der Waals surface area (Å²) in [5.74, 6) is 1.09. The fourth-order valence-corrected chi connectivity index (χ4v) is 2.73. The predicted molar refractivity (Wildman–Crippen MR) is 60.4 cm³/mol. The number of nitrogens with one attached hydrogen (secondary N) is 1. The van der Waals surface area contributed by atoms with Gasteiger partial charge in [0.1, 0.15) is 5.82 Å². The van der Waals surface area contributed by atoms with E-state index in [1.807, 2.05) is 19.2 Å². The maximum absolute atomic E-state index is 13.1. The van der Waals surface area contributed by atoms with E-state index in [1.54, 1.807) is 6.07 Å². The molecule has 3 atom stereocenters. The summed E-state index contributed by atoms with van der Waals surface area (Å²) >= 11 is 0. The lowest BCUT2D eigenvalue weighted by molar-refractivity contribution is 0.169. The molecule has 3 unspecified atom stereocenters. The van der Waals surface area contributed by atoms with Gasteiger partial charge in [0, 0.05) is 6.04 Å². The molecule has 2 rings (SSSR count). The Hall–Kier alpha value is -0.890. The van der Waals surface area contributed by atoms with E-state index in [0.29, 0.717) is 17.9 Å². The number of benzene rings is 1. The zero-order valence-corrected chi connectivity index (χ0v) is 9.33. The molecule has 0 heterocycles. The summed E-state index contributed by atoms with van der Waals surface area (Å²) in [6.07, 6.45) is 2.30. The van der Waals surface area contributed by atoms with Gasteiger partial charge in [-0.2, -0.15) is 0 Å². The van der Waals surface area contributed by atoms with Gasteiger partial charge in [0.25, 0.3) is 0 Å². The smallest absolute Gasteiger partial charge is 0.123 e. The first-order chi connectivity index (χ1) is 7.26. The maximum atomic E-state index is 13.1. The Kier molecular flexibility index (Phi) is 3.06. The molecule has 1 aromatic rings. The normalized spacial score (nSPS) is 29.9. The molecule has 1 aliphatic carbocycles. The highest BCUT2D eigenvalue weighted by Crippen LogP contribution is 2.44. The van der Waals surface area contributed by atoms with Crippen LogP contribution in [0.15, 0.2) is 24.3 Å². The van der Waals surface area contributed by atoms with Crippen molar-refractivity contribution in [2.75, 3.05) is 7.05 Å². The zero-order chi connectivity index (χ0) is 10.8. The molecule has 0 radical (unpaired) electrons. The third-order valence-electron chi connectivity index (χ3n) is 3.66. The van der Waals surface area contributed by atoms with Crippen molar-refractivity contribution < 1.29 is 4.39 Å². The number of hydrogen-bond donors (Lipinski definition) is 1. The Morgan fingerprint density at radius 1 is 1.47 bits per heavy atom. The van der Waals surface area contributed by atoms with Crippen molar-refractivity contribution >= 4 is 0 Å². The van der Waals surface area contributed by atoms with E-state index in [0.717, 1.165) is 18.4 Å². The molecule has 2 heteroatoms. The van der Waals surface area contributed by atoms with Crippen LogP contribution in [0.3, 0.4) is 0 Å². The minimum atomic E-state index is -0.115. The van der Waals surface area contributed by atoms with E-state index in [9.17, 15) is 4.39 Å². The van der Waals surface area contributed by atoms with Gasteiger partial charge >= 0.3 is 0 Å². The molecule has 1 saturated carbocycles. The molecule has 1 N–H and O–H groups in total. The highest BCUT2D eigenvalue weighted by Gasteiger charge is 2.39. The highest BCUT2D eigenvalue weighted by molar-refractivity contribution is 5.25. The van der Waals surface area contributed by atoms with Crippen LogP contribution in [-0.2, 0) is 0 Å². The van der Waals surface area contributed by atoms with Crippen LogP contribution in [0.4, 0.5) is 4.39 Å². The third-order valence-corrected chi connectivity index (χ3v) is 3.66. The fraction of sp³-hybridized carbons (Fsp3) is 0.538. The van der Waals surface area contributed by atoms with Crippen molar-refractivity contribution in [3.63, 3.8) is 0 Å². The van der Waals surface area contributed by atoms with Crippen LogP contribution >= 0.6 is 0 Å². The van der Waals surface area contributed by atoms with Crippen LogP contribution in [0.5, 0.6) is 0 Å². The molecule has 0 amide bonds. The van der Waals surface area contributed by atoms with Crippen molar-refractivity contribution in [2.24, 2.45) is 5.92 Å². The summed E-state index contributed by atoms with van der Waals surface area (Å²) in [7, 11) is 2.01. The van der Waals surface area contributed by atoms with Crippen molar-refractivity contribution in [3.8, 4) is 0 Å². The van der Waals surface area contributed by atoms with E-state index in [2.05, 4.69) is 12.2 Å². The van der Waals surface area contributed by atoms with Crippen molar-refractivity contribution in [1.82, 2.24) is 5.32 Å². The van der Waals surface area contributed by atoms with Gasteiger partial charge in [-0.25, -0.2) is 4.39 Å². The number of rotatable bonds is 3. The molecule has 1 aliphatic rings. The van der Waals surface area contributed by atoms with Gasteiger partial charge in [-0.05, 0) is 43.0 Å². The second-order valence-electron chi connectivity index (χ2n) is 4.36. The van der Waals surface area contributed by atoms with Crippen LogP contribution < -0.4 is 5.32 Å². The first-order valence-corrected chi connectivity index (χ1v) is 5.69. The molecule has 15 heavy (non-hydrogen) atoms. The second-order valence-corrected chi connectivity index (χ2v) is 4.36. The van der Waals surface area contributed by atoms with Gasteiger partial charge in [-0.15, -0.1) is 0 Å². The first kappa shape index (κ1) is 10.6. The van der Waals surface area contributed by atoms with Crippen LogP contribution in [-0.4, -0.2) is 13.1 Å². The molecule has 1 nitrogen and oxygen atoms in total. The molecule has 82 valence electrons. The molecule has 1 fully saturated rings. The van der Waals surface area contributed by atoms with Crippen molar-refractivity contribution in [2.45, 2.75) is 31.7 Å². The monoisotopic (exact) mass is 207 g/mol. The zero-order valence-electron chi connectivity index (χ0n) is 9.33. The number of halogens is 1. The van der Waals surface area contributed by atoms with E-state index >= 15 is 0 Å². The van der Waals surface area contributed by atoms with E-state index < -0.39 is 0 Å². The fourth-order valence-electron chi connectivity index (χ4n) is 2.73. The lowest BCUT2D eigenvalue weighted by Gasteiger charge is -2.45. The molecule has 0 aromatic heterocycles. The SMILES string of the molecule is CCC1C(NC)CC1c1cccc(F)c1. The molecule has 1 aromatic carbocycles. The van der Waals surface area contributed by atoms with Gasteiger partial charge in [0.15, 0.2) is 0 Å². The minimum absolute atomic E-state index is 0.115. The molecule has 0 bridgehead atoms. The summed E-state index contributed by atoms with van der Waals surface area (Å²) < 4.78 is 13.1. The average molecular weight is 207 g/mol. The number of hydrogen-bond acceptors (Lipinski definition) is 1. The largest absolute Gasteiger partial charge is 0.317 e. The van der Waals surface area contributed by atoms with Gasteiger partial charge in [-0.3, -0.25) is 0 Å². The molecule has 0 saturated heterocycles. The lowest BCUT2D eigenvalue weighted by Crippen LogP contribution is -2.47. The molecular formula is C13H18FN. The standard InChI is InChI=1S/C13H18FN/c1-3-11-12(8-13(11)15-2)9-5-4-6-10(14)7-9/h4-7,11-13,15H,3,8H2,1-2H3. The first-order valence-electron chi connectivity index (χ1n) is 5.69. The van der Waals surface area contributed by atoms with Crippen molar-refractivity contribution in [3.05, 3.63) is 35.6 Å².